The Balaban J connectivity index is 2.07. The fraction of sp³-hybridized carbons (Fsp3) is 0.312. The van der Waals surface area contributed by atoms with Crippen LogP contribution in [0.1, 0.15) is 26.4 Å². The monoisotopic (exact) mass is 337 g/mol. The molecule has 0 N–H and O–H groups in total. The summed E-state index contributed by atoms with van der Waals surface area (Å²) in [5.74, 6) is -0.0789. The van der Waals surface area contributed by atoms with Gasteiger partial charge >= 0.3 is 0 Å². The summed E-state index contributed by atoms with van der Waals surface area (Å²) < 4.78 is 22.5. The summed E-state index contributed by atoms with van der Waals surface area (Å²) in [7, 11) is -1.29. The quantitative estimate of drug-likeness (QED) is 0.843. The van der Waals surface area contributed by atoms with Gasteiger partial charge in [-0.2, -0.15) is 0 Å². The molecular weight excluding hydrogens is 318 g/mol. The van der Waals surface area contributed by atoms with Crippen molar-refractivity contribution in [1.29, 1.82) is 0 Å². The third-order valence-corrected chi connectivity index (χ3v) is 5.19. The first-order chi connectivity index (χ1) is 10.3. The summed E-state index contributed by atoms with van der Waals surface area (Å²) in [6.45, 7) is 2.61. The Morgan fingerprint density at radius 3 is 2.32 bits per heavy atom. The van der Waals surface area contributed by atoms with Crippen LogP contribution in [0.4, 0.5) is 0 Å². The van der Waals surface area contributed by atoms with E-state index in [-0.39, 0.29) is 11.7 Å². The van der Waals surface area contributed by atoms with Gasteiger partial charge < -0.3 is 4.90 Å². The molecule has 0 atom stereocenters. The molecule has 0 fully saturated rings. The first-order valence-corrected chi connectivity index (χ1v) is 9.75. The number of sulfone groups is 1. The summed E-state index contributed by atoms with van der Waals surface area (Å²) in [6.07, 6.45) is 1.20. The van der Waals surface area contributed by atoms with Gasteiger partial charge in [-0.1, -0.05) is 12.1 Å². The number of carbonyl (C=O) groups excluding carboxylic acids is 1. The molecule has 118 valence electrons. The predicted molar refractivity (Wildman–Crippen MR) is 89.8 cm³/mol. The molecule has 0 aliphatic rings. The Labute approximate surface area is 135 Å². The van der Waals surface area contributed by atoms with Gasteiger partial charge in [0.2, 0.25) is 0 Å². The van der Waals surface area contributed by atoms with Gasteiger partial charge in [-0.3, -0.25) is 4.79 Å². The first-order valence-electron chi connectivity index (χ1n) is 6.81. The Kier molecular flexibility index (Phi) is 5.03. The number of nitrogens with zero attached hydrogens (tertiary/aromatic N) is 1. The number of hydrogen-bond donors (Lipinski definition) is 0. The Morgan fingerprint density at radius 1 is 1.18 bits per heavy atom. The van der Waals surface area contributed by atoms with Crippen molar-refractivity contribution in [2.24, 2.45) is 0 Å². The summed E-state index contributed by atoms with van der Waals surface area (Å²) in [6, 6.07) is 8.79. The molecule has 6 heteroatoms. The lowest BCUT2D eigenvalue weighted by atomic mass is 10.1. The lowest BCUT2D eigenvalue weighted by Gasteiger charge is -2.17. The van der Waals surface area contributed by atoms with E-state index >= 15 is 0 Å². The van der Waals surface area contributed by atoms with Crippen molar-refractivity contribution in [1.82, 2.24) is 4.90 Å². The van der Waals surface area contributed by atoms with E-state index in [0.29, 0.717) is 17.7 Å². The van der Waals surface area contributed by atoms with Gasteiger partial charge in [0.05, 0.1) is 12.3 Å². The van der Waals surface area contributed by atoms with E-state index in [1.54, 1.807) is 47.5 Å². The van der Waals surface area contributed by atoms with Gasteiger partial charge in [0.25, 0.3) is 5.91 Å². The molecule has 1 heterocycles. The van der Waals surface area contributed by atoms with Crippen molar-refractivity contribution in [3.63, 3.8) is 0 Å². The number of rotatable bonds is 5. The summed E-state index contributed by atoms with van der Waals surface area (Å²) in [5, 5.41) is 2.02. The van der Waals surface area contributed by atoms with E-state index in [4.69, 9.17) is 0 Å². The minimum absolute atomic E-state index is 0.00823. The van der Waals surface area contributed by atoms with Crippen LogP contribution in [0.15, 0.2) is 35.7 Å². The Hall–Kier alpha value is -1.66. The van der Waals surface area contributed by atoms with Crippen molar-refractivity contribution in [3.05, 3.63) is 57.3 Å². The van der Waals surface area contributed by atoms with Gasteiger partial charge in [-0.15, -0.1) is 11.3 Å². The molecule has 2 rings (SSSR count). The largest absolute Gasteiger partial charge is 0.337 e. The SMILES string of the molecule is Cc1ccsc1CN(C)C(=O)c1ccc(CS(C)(=O)=O)cc1. The number of carbonyl (C=O) groups is 1. The average molecular weight is 337 g/mol. The van der Waals surface area contributed by atoms with Crippen LogP contribution in [0.25, 0.3) is 0 Å². The molecule has 22 heavy (non-hydrogen) atoms. The molecule has 0 saturated heterocycles. The molecule has 0 radical (unpaired) electrons. The zero-order chi connectivity index (χ0) is 16.3. The van der Waals surface area contributed by atoms with Crippen LogP contribution in [-0.2, 0) is 22.1 Å². The third kappa shape index (κ3) is 4.42. The van der Waals surface area contributed by atoms with Crippen LogP contribution in [0.3, 0.4) is 0 Å². The first kappa shape index (κ1) is 16.7. The van der Waals surface area contributed by atoms with Gasteiger partial charge in [-0.05, 0) is 41.6 Å². The minimum atomic E-state index is -3.06. The Bertz CT molecular complexity index is 761. The molecule has 0 spiro atoms. The highest BCUT2D eigenvalue weighted by atomic mass is 32.2. The smallest absolute Gasteiger partial charge is 0.253 e. The van der Waals surface area contributed by atoms with Crippen LogP contribution in [0.5, 0.6) is 0 Å². The lowest BCUT2D eigenvalue weighted by Crippen LogP contribution is -2.26. The van der Waals surface area contributed by atoms with E-state index < -0.39 is 9.84 Å². The molecule has 4 nitrogen and oxygen atoms in total. The van der Waals surface area contributed by atoms with Crippen LogP contribution in [0.2, 0.25) is 0 Å². The maximum absolute atomic E-state index is 12.4. The van der Waals surface area contributed by atoms with Gasteiger partial charge in [0.1, 0.15) is 0 Å². The van der Waals surface area contributed by atoms with Gasteiger partial charge in [0.15, 0.2) is 9.84 Å². The molecule has 0 aliphatic carbocycles. The number of amides is 1. The Morgan fingerprint density at radius 2 is 1.82 bits per heavy atom. The molecule has 0 bridgehead atoms. The van der Waals surface area contributed by atoms with Crippen molar-refractivity contribution in [2.45, 2.75) is 19.2 Å². The highest BCUT2D eigenvalue weighted by Crippen LogP contribution is 2.18. The standard InChI is InChI=1S/C16H19NO3S2/c1-12-8-9-21-15(12)10-17(2)16(18)14-6-4-13(5-7-14)11-22(3,19)20/h4-9H,10-11H2,1-3H3. The molecule has 0 unspecified atom stereocenters. The normalized spacial score (nSPS) is 11.4. The summed E-state index contributed by atoms with van der Waals surface area (Å²) in [4.78, 5) is 15.2. The van der Waals surface area contributed by atoms with Crippen molar-refractivity contribution >= 4 is 27.1 Å². The summed E-state index contributed by atoms with van der Waals surface area (Å²) in [5.41, 5.74) is 2.44. The molecule has 2 aromatic rings. The van der Waals surface area contributed by atoms with Crippen molar-refractivity contribution < 1.29 is 13.2 Å². The third-order valence-electron chi connectivity index (χ3n) is 3.33. The van der Waals surface area contributed by atoms with Crippen LogP contribution < -0.4 is 0 Å². The van der Waals surface area contributed by atoms with E-state index in [2.05, 4.69) is 0 Å². The maximum Gasteiger partial charge on any atom is 0.253 e. The molecule has 0 aliphatic heterocycles. The summed E-state index contributed by atoms with van der Waals surface area (Å²) >= 11 is 1.64. The van der Waals surface area contributed by atoms with Crippen LogP contribution in [0, 0.1) is 6.92 Å². The zero-order valence-corrected chi connectivity index (χ0v) is 14.5. The lowest BCUT2D eigenvalue weighted by molar-refractivity contribution is 0.0786. The van der Waals surface area contributed by atoms with E-state index in [1.807, 2.05) is 18.4 Å². The van der Waals surface area contributed by atoms with Crippen LogP contribution in [-0.4, -0.2) is 32.5 Å². The number of thiophene rings is 1. The number of benzene rings is 1. The van der Waals surface area contributed by atoms with Crippen molar-refractivity contribution in [2.75, 3.05) is 13.3 Å². The highest BCUT2D eigenvalue weighted by Gasteiger charge is 2.14. The zero-order valence-electron chi connectivity index (χ0n) is 12.9. The van der Waals surface area contributed by atoms with E-state index in [1.165, 1.54) is 16.7 Å². The average Bonchev–Trinajstić information content (AvgIpc) is 2.82. The number of aryl methyl sites for hydroxylation is 1. The number of hydrogen-bond acceptors (Lipinski definition) is 4. The second-order valence-electron chi connectivity index (χ2n) is 5.46. The molecule has 1 aromatic heterocycles. The predicted octanol–water partition coefficient (Wildman–Crippen LogP) is 2.87. The van der Waals surface area contributed by atoms with Gasteiger partial charge in [-0.25, -0.2) is 8.42 Å². The molecule has 1 aromatic carbocycles. The van der Waals surface area contributed by atoms with E-state index in [9.17, 15) is 13.2 Å². The second-order valence-corrected chi connectivity index (χ2v) is 8.60. The highest BCUT2D eigenvalue weighted by molar-refractivity contribution is 7.89. The minimum Gasteiger partial charge on any atom is -0.337 e. The molecular formula is C16H19NO3S2. The van der Waals surface area contributed by atoms with E-state index in [0.717, 1.165) is 0 Å². The molecule has 0 saturated carbocycles. The topological polar surface area (TPSA) is 54.5 Å². The maximum atomic E-state index is 12.4. The second kappa shape index (κ2) is 6.62. The van der Waals surface area contributed by atoms with Crippen LogP contribution >= 0.6 is 11.3 Å². The fourth-order valence-electron chi connectivity index (χ4n) is 2.12. The molecule has 1 amide bonds. The fourth-order valence-corrected chi connectivity index (χ4v) is 3.88. The van der Waals surface area contributed by atoms with Gasteiger partial charge in [0, 0.05) is 23.7 Å². The van der Waals surface area contributed by atoms with Crippen molar-refractivity contribution in [3.8, 4) is 0 Å².